The number of nitrogens with zero attached hydrogens (tertiary/aromatic N) is 1. The van der Waals surface area contributed by atoms with E-state index in [4.69, 9.17) is 34.8 Å². The molecule has 35 heavy (non-hydrogen) atoms. The van der Waals surface area contributed by atoms with Crippen LogP contribution in [0.3, 0.4) is 0 Å². The van der Waals surface area contributed by atoms with Crippen LogP contribution in [0.1, 0.15) is 33.8 Å². The molecule has 182 valence electrons. The maximum absolute atomic E-state index is 13.2. The van der Waals surface area contributed by atoms with Crippen LogP contribution < -0.4 is 10.2 Å². The van der Waals surface area contributed by atoms with Crippen molar-refractivity contribution in [2.45, 2.75) is 16.7 Å². The number of benzene rings is 3. The minimum absolute atomic E-state index is 0.120. The highest BCUT2D eigenvalue weighted by molar-refractivity contribution is 6.53. The van der Waals surface area contributed by atoms with Gasteiger partial charge < -0.3 is 10.2 Å². The molecule has 4 nitrogen and oxygen atoms in total. The first-order valence-corrected chi connectivity index (χ1v) is 11.5. The SMILES string of the molecule is CN(C(=O)c1cc(NC(=O)C2C(c3ccc(C(F)F)cc3)C2(Cl)Cl)ccc1Cl)c1ccc(F)cc1. The van der Waals surface area contributed by atoms with Gasteiger partial charge in [0.25, 0.3) is 12.3 Å². The summed E-state index contributed by atoms with van der Waals surface area (Å²) >= 11 is 18.9. The van der Waals surface area contributed by atoms with E-state index >= 15 is 0 Å². The lowest BCUT2D eigenvalue weighted by Crippen LogP contribution is -2.26. The van der Waals surface area contributed by atoms with E-state index in [2.05, 4.69) is 5.32 Å². The van der Waals surface area contributed by atoms with Crippen LogP contribution in [0.15, 0.2) is 66.7 Å². The monoisotopic (exact) mass is 540 g/mol. The Bertz CT molecular complexity index is 1270. The van der Waals surface area contributed by atoms with Crippen molar-refractivity contribution < 1.29 is 22.8 Å². The first-order valence-electron chi connectivity index (χ1n) is 10.4. The summed E-state index contributed by atoms with van der Waals surface area (Å²) in [5.41, 5.74) is 1.28. The molecule has 0 bridgehead atoms. The second-order valence-electron chi connectivity index (χ2n) is 8.12. The number of hydrogen-bond donors (Lipinski definition) is 1. The molecule has 3 aromatic rings. The van der Waals surface area contributed by atoms with Crippen LogP contribution in [0, 0.1) is 11.7 Å². The standard InChI is InChI=1S/C25H18Cl3F3N2O2/c1-33(17-9-6-15(29)7-10-17)24(35)18-12-16(8-11-19(18)26)32-23(34)21-20(25(21,27)28)13-2-4-14(5-3-13)22(30)31/h2-12,20-22H,1H3,(H,32,34). The van der Waals surface area contributed by atoms with Crippen LogP contribution >= 0.6 is 34.8 Å². The lowest BCUT2D eigenvalue weighted by atomic mass is 10.1. The Morgan fingerprint density at radius 1 is 1.00 bits per heavy atom. The number of alkyl halides is 4. The Hall–Kier alpha value is -2.74. The van der Waals surface area contributed by atoms with Gasteiger partial charge in [0.05, 0.1) is 16.5 Å². The normalized spacial score (nSPS) is 18.3. The second kappa shape index (κ2) is 9.72. The third kappa shape index (κ3) is 5.13. The largest absolute Gasteiger partial charge is 0.326 e. The minimum atomic E-state index is -2.61. The van der Waals surface area contributed by atoms with Gasteiger partial charge in [0, 0.05) is 29.9 Å². The van der Waals surface area contributed by atoms with Crippen molar-refractivity contribution in [2.24, 2.45) is 5.92 Å². The maximum atomic E-state index is 13.2. The highest BCUT2D eigenvalue weighted by atomic mass is 35.5. The van der Waals surface area contributed by atoms with Crippen molar-refractivity contribution in [3.63, 3.8) is 0 Å². The third-order valence-corrected chi connectivity index (χ3v) is 7.14. The van der Waals surface area contributed by atoms with E-state index in [0.717, 1.165) is 0 Å². The molecule has 0 spiro atoms. The first kappa shape index (κ1) is 25.4. The van der Waals surface area contributed by atoms with Gasteiger partial charge >= 0.3 is 0 Å². The molecule has 3 aromatic carbocycles. The molecule has 1 N–H and O–H groups in total. The summed E-state index contributed by atoms with van der Waals surface area (Å²) in [5, 5.41) is 2.85. The van der Waals surface area contributed by atoms with Crippen LogP contribution in [0.4, 0.5) is 24.5 Å². The molecule has 1 aliphatic carbocycles. The molecular formula is C25H18Cl3F3N2O2. The molecule has 10 heteroatoms. The van der Waals surface area contributed by atoms with Gasteiger partial charge in [-0.3, -0.25) is 9.59 Å². The van der Waals surface area contributed by atoms with Crippen LogP contribution in [0.2, 0.25) is 5.02 Å². The van der Waals surface area contributed by atoms with Gasteiger partial charge in [-0.05, 0) is 48.0 Å². The van der Waals surface area contributed by atoms with E-state index in [0.29, 0.717) is 11.3 Å². The molecule has 0 heterocycles. The van der Waals surface area contributed by atoms with Gasteiger partial charge in [-0.15, -0.1) is 23.2 Å². The van der Waals surface area contributed by atoms with Crippen LogP contribution in [-0.4, -0.2) is 23.2 Å². The fraction of sp³-hybridized carbons (Fsp3) is 0.200. The molecule has 4 rings (SSSR count). The third-order valence-electron chi connectivity index (χ3n) is 5.87. The molecular weight excluding hydrogens is 524 g/mol. The fourth-order valence-electron chi connectivity index (χ4n) is 3.87. The van der Waals surface area contributed by atoms with Crippen LogP contribution in [0.5, 0.6) is 0 Å². The second-order valence-corrected chi connectivity index (χ2v) is 9.97. The number of amides is 2. The van der Waals surface area contributed by atoms with Crippen LogP contribution in [0.25, 0.3) is 0 Å². The molecule has 0 aromatic heterocycles. The molecule has 1 aliphatic rings. The van der Waals surface area contributed by atoms with Gasteiger partial charge in [0.15, 0.2) is 0 Å². The number of hydrogen-bond acceptors (Lipinski definition) is 2. The van der Waals surface area contributed by atoms with Crippen molar-refractivity contribution in [3.05, 3.63) is 94.3 Å². The van der Waals surface area contributed by atoms with E-state index in [1.807, 2.05) is 0 Å². The van der Waals surface area contributed by atoms with E-state index in [9.17, 15) is 22.8 Å². The lowest BCUT2D eigenvalue weighted by Gasteiger charge is -2.18. The van der Waals surface area contributed by atoms with Crippen LogP contribution in [-0.2, 0) is 4.79 Å². The smallest absolute Gasteiger partial charge is 0.263 e. The summed E-state index contributed by atoms with van der Waals surface area (Å²) in [7, 11) is 1.51. The van der Waals surface area contributed by atoms with Crippen molar-refractivity contribution in [1.82, 2.24) is 0 Å². The number of anilines is 2. The number of rotatable bonds is 6. The molecule has 1 fully saturated rings. The molecule has 0 aliphatic heterocycles. The minimum Gasteiger partial charge on any atom is -0.326 e. The van der Waals surface area contributed by atoms with Crippen molar-refractivity contribution in [2.75, 3.05) is 17.3 Å². The summed E-state index contributed by atoms with van der Waals surface area (Å²) in [6.45, 7) is 0. The predicted molar refractivity (Wildman–Crippen MR) is 131 cm³/mol. The Balaban J connectivity index is 1.50. The summed E-state index contributed by atoms with van der Waals surface area (Å²) in [6.07, 6.45) is -2.61. The average molecular weight is 542 g/mol. The Morgan fingerprint density at radius 3 is 2.23 bits per heavy atom. The number of halogens is 6. The zero-order valence-electron chi connectivity index (χ0n) is 18.1. The summed E-state index contributed by atoms with van der Waals surface area (Å²) in [5.74, 6) is -2.82. The topological polar surface area (TPSA) is 49.4 Å². The molecule has 2 atom stereocenters. The quantitative estimate of drug-likeness (QED) is 0.335. The van der Waals surface area contributed by atoms with E-state index in [-0.39, 0.29) is 21.8 Å². The Morgan fingerprint density at radius 2 is 1.63 bits per heavy atom. The number of carbonyl (C=O) groups excluding carboxylic acids is 2. The summed E-state index contributed by atoms with van der Waals surface area (Å²) < 4.78 is 37.5. The maximum Gasteiger partial charge on any atom is 0.263 e. The van der Waals surface area contributed by atoms with Gasteiger partial charge in [0.2, 0.25) is 5.91 Å². The van der Waals surface area contributed by atoms with Crippen molar-refractivity contribution in [3.8, 4) is 0 Å². The van der Waals surface area contributed by atoms with E-state index < -0.39 is 40.2 Å². The molecule has 2 amide bonds. The molecule has 2 unspecified atom stereocenters. The van der Waals surface area contributed by atoms with Gasteiger partial charge in [0.1, 0.15) is 10.2 Å². The molecule has 0 saturated heterocycles. The van der Waals surface area contributed by atoms with Crippen molar-refractivity contribution >= 4 is 58.0 Å². The van der Waals surface area contributed by atoms with Crippen molar-refractivity contribution in [1.29, 1.82) is 0 Å². The Labute approximate surface area is 214 Å². The zero-order chi connectivity index (χ0) is 25.5. The zero-order valence-corrected chi connectivity index (χ0v) is 20.4. The Kier molecular flexibility index (Phi) is 7.04. The molecule has 1 saturated carbocycles. The molecule has 0 radical (unpaired) electrons. The average Bonchev–Trinajstić information content (AvgIpc) is 3.41. The highest BCUT2D eigenvalue weighted by Crippen LogP contribution is 2.65. The summed E-state index contributed by atoms with van der Waals surface area (Å²) in [6, 6.07) is 15.3. The van der Waals surface area contributed by atoms with E-state index in [1.54, 1.807) is 0 Å². The van der Waals surface area contributed by atoms with Gasteiger partial charge in [-0.2, -0.15) is 0 Å². The van der Waals surface area contributed by atoms with Gasteiger partial charge in [-0.25, -0.2) is 13.2 Å². The van der Waals surface area contributed by atoms with Gasteiger partial charge in [-0.1, -0.05) is 35.9 Å². The number of carbonyl (C=O) groups is 2. The first-order chi connectivity index (χ1) is 16.5. The fourth-order valence-corrected chi connectivity index (χ4v) is 4.89. The lowest BCUT2D eigenvalue weighted by molar-refractivity contribution is -0.117. The predicted octanol–water partition coefficient (Wildman–Crippen LogP) is 7.22. The number of nitrogens with one attached hydrogen (secondary N) is 1. The van der Waals surface area contributed by atoms with E-state index in [1.165, 1.54) is 78.7 Å². The summed E-state index contributed by atoms with van der Waals surface area (Å²) in [4.78, 5) is 27.2. The highest BCUT2D eigenvalue weighted by Gasteiger charge is 2.67.